The third-order valence-electron chi connectivity index (χ3n) is 8.20. The number of anilines is 3. The third kappa shape index (κ3) is 3.57. The first-order valence-corrected chi connectivity index (χ1v) is 15.6. The van der Waals surface area contributed by atoms with Crippen LogP contribution in [0.25, 0.3) is 62.8 Å². The van der Waals surface area contributed by atoms with Crippen molar-refractivity contribution >= 4 is 94.3 Å². The van der Waals surface area contributed by atoms with E-state index in [2.05, 4.69) is 144 Å². The Morgan fingerprint density at radius 3 is 1.98 bits per heavy atom. The zero-order chi connectivity index (χ0) is 26.9. The fourth-order valence-electron chi connectivity index (χ4n) is 6.25. The topological polar surface area (TPSA) is 16.4 Å². The molecular formula is C38H23NOSe. The van der Waals surface area contributed by atoms with Crippen molar-refractivity contribution in [3.63, 3.8) is 0 Å². The summed E-state index contributed by atoms with van der Waals surface area (Å²) in [5, 5.41) is 10.1. The SMILES string of the molecule is c1ccc(N(c2ccc3c(ccc4c5ccccc5[se]c34)c2)c2ccc3c(c2)oc2cc4ccccc4cc23)cc1. The second-order valence-electron chi connectivity index (χ2n) is 10.6. The second-order valence-corrected chi connectivity index (χ2v) is 12.8. The van der Waals surface area contributed by atoms with Gasteiger partial charge in [0.2, 0.25) is 0 Å². The molecule has 0 fully saturated rings. The molecular weight excluding hydrogens is 565 g/mol. The van der Waals surface area contributed by atoms with Gasteiger partial charge in [-0.1, -0.05) is 24.3 Å². The molecule has 0 saturated carbocycles. The van der Waals surface area contributed by atoms with Crippen LogP contribution in [0.4, 0.5) is 17.1 Å². The van der Waals surface area contributed by atoms with Crippen LogP contribution in [0.3, 0.4) is 0 Å². The Morgan fingerprint density at radius 2 is 1.10 bits per heavy atom. The Labute approximate surface area is 242 Å². The predicted octanol–water partition coefficient (Wildman–Crippen LogP) is 10.7. The van der Waals surface area contributed by atoms with Crippen molar-refractivity contribution in [2.45, 2.75) is 0 Å². The number of rotatable bonds is 3. The number of para-hydroxylation sites is 1. The summed E-state index contributed by atoms with van der Waals surface area (Å²) in [6, 6.07) is 50.4. The standard InChI is InChI=1S/C38H23NOSe/c1-2-10-27(11-3-1)39(28-15-18-30-26(20-28)14-17-33-32-12-6-7-13-37(32)41-38(30)33)29-16-19-31-34-21-24-8-4-5-9-25(24)22-35(34)40-36(31)23-29/h1-23H. The number of hydrogen-bond donors (Lipinski definition) is 0. The molecule has 0 aliphatic rings. The summed E-state index contributed by atoms with van der Waals surface area (Å²) in [7, 11) is 0. The molecule has 0 radical (unpaired) electrons. The molecule has 3 heteroatoms. The van der Waals surface area contributed by atoms with E-state index in [9.17, 15) is 0 Å². The van der Waals surface area contributed by atoms with E-state index in [1.807, 2.05) is 0 Å². The fraction of sp³-hybridized carbons (Fsp3) is 0. The van der Waals surface area contributed by atoms with Gasteiger partial charge in [0, 0.05) is 0 Å². The van der Waals surface area contributed by atoms with E-state index in [4.69, 9.17) is 4.42 Å². The Morgan fingerprint density at radius 1 is 0.415 bits per heavy atom. The molecule has 0 N–H and O–H groups in total. The van der Waals surface area contributed by atoms with E-state index < -0.39 is 0 Å². The summed E-state index contributed by atoms with van der Waals surface area (Å²) in [6.45, 7) is 0. The summed E-state index contributed by atoms with van der Waals surface area (Å²) in [5.41, 5.74) is 5.14. The van der Waals surface area contributed by atoms with Crippen molar-refractivity contribution in [3.8, 4) is 0 Å². The summed E-state index contributed by atoms with van der Waals surface area (Å²) < 4.78 is 9.42. The van der Waals surface area contributed by atoms with Crippen LogP contribution < -0.4 is 4.90 Å². The van der Waals surface area contributed by atoms with Gasteiger partial charge in [0.1, 0.15) is 0 Å². The maximum atomic E-state index is 6.45. The van der Waals surface area contributed by atoms with Crippen LogP contribution in [-0.2, 0) is 0 Å². The van der Waals surface area contributed by atoms with Gasteiger partial charge in [0.15, 0.2) is 0 Å². The summed E-state index contributed by atoms with van der Waals surface area (Å²) >= 11 is 0.323. The van der Waals surface area contributed by atoms with Gasteiger partial charge in [0.05, 0.1) is 0 Å². The van der Waals surface area contributed by atoms with Crippen LogP contribution in [0.15, 0.2) is 144 Å². The molecule has 0 amide bonds. The van der Waals surface area contributed by atoms with Gasteiger partial charge in [-0.15, -0.1) is 0 Å². The minimum absolute atomic E-state index is 0.323. The minimum atomic E-state index is 0.323. The quantitative estimate of drug-likeness (QED) is 0.191. The van der Waals surface area contributed by atoms with Crippen molar-refractivity contribution < 1.29 is 4.42 Å². The van der Waals surface area contributed by atoms with Gasteiger partial charge in [-0.05, 0) is 10.8 Å². The molecule has 0 aliphatic carbocycles. The van der Waals surface area contributed by atoms with Gasteiger partial charge in [-0.3, -0.25) is 0 Å². The Bertz CT molecular complexity index is 2420. The Kier molecular flexibility index (Phi) is 4.95. The zero-order valence-corrected chi connectivity index (χ0v) is 23.8. The van der Waals surface area contributed by atoms with Gasteiger partial charge in [-0.25, -0.2) is 0 Å². The van der Waals surface area contributed by atoms with Gasteiger partial charge in [0.25, 0.3) is 0 Å². The van der Waals surface area contributed by atoms with E-state index in [0.717, 1.165) is 39.0 Å². The van der Waals surface area contributed by atoms with Crippen LogP contribution >= 0.6 is 0 Å². The normalized spacial score (nSPS) is 11.9. The van der Waals surface area contributed by atoms with E-state index in [-0.39, 0.29) is 0 Å². The molecule has 9 aromatic rings. The first kappa shape index (κ1) is 22.9. The molecule has 2 nitrogen and oxygen atoms in total. The number of hydrogen-bond acceptors (Lipinski definition) is 2. The van der Waals surface area contributed by atoms with Crippen LogP contribution in [0.2, 0.25) is 0 Å². The molecule has 0 saturated heterocycles. The van der Waals surface area contributed by atoms with Crippen molar-refractivity contribution in [1.29, 1.82) is 0 Å². The molecule has 0 spiro atoms. The van der Waals surface area contributed by atoms with Gasteiger partial charge < -0.3 is 0 Å². The summed E-state index contributed by atoms with van der Waals surface area (Å²) in [4.78, 5) is 2.33. The molecule has 41 heavy (non-hydrogen) atoms. The second kappa shape index (κ2) is 8.84. The molecule has 0 bridgehead atoms. The first-order valence-electron chi connectivity index (χ1n) is 13.8. The molecule has 7 aromatic carbocycles. The fourth-order valence-corrected chi connectivity index (χ4v) is 8.85. The van der Waals surface area contributed by atoms with E-state index in [0.29, 0.717) is 14.5 Å². The van der Waals surface area contributed by atoms with Crippen molar-refractivity contribution in [2.24, 2.45) is 0 Å². The van der Waals surface area contributed by atoms with E-state index in [1.54, 1.807) is 0 Å². The number of fused-ring (bicyclic) bond motifs is 9. The van der Waals surface area contributed by atoms with Crippen molar-refractivity contribution in [3.05, 3.63) is 140 Å². The molecule has 2 aromatic heterocycles. The van der Waals surface area contributed by atoms with Crippen LogP contribution in [0.5, 0.6) is 0 Å². The van der Waals surface area contributed by atoms with Crippen LogP contribution in [0, 0.1) is 0 Å². The molecule has 2 heterocycles. The zero-order valence-electron chi connectivity index (χ0n) is 22.0. The van der Waals surface area contributed by atoms with Crippen LogP contribution in [-0.4, -0.2) is 14.5 Å². The Hall–Kier alpha value is -4.82. The monoisotopic (exact) mass is 589 g/mol. The Balaban J connectivity index is 1.23. The van der Waals surface area contributed by atoms with Crippen LogP contribution in [0.1, 0.15) is 0 Å². The molecule has 0 unspecified atom stereocenters. The van der Waals surface area contributed by atoms with Gasteiger partial charge in [-0.2, -0.15) is 0 Å². The first-order chi connectivity index (χ1) is 20.3. The molecule has 0 atom stereocenters. The van der Waals surface area contributed by atoms with Crippen molar-refractivity contribution in [1.82, 2.24) is 0 Å². The summed E-state index contributed by atoms with van der Waals surface area (Å²) in [5.74, 6) is 0. The third-order valence-corrected chi connectivity index (χ3v) is 10.8. The number of benzene rings is 7. The predicted molar refractivity (Wildman–Crippen MR) is 175 cm³/mol. The van der Waals surface area contributed by atoms with E-state index in [1.165, 1.54) is 40.8 Å². The number of nitrogens with zero attached hydrogens (tertiary/aromatic N) is 1. The molecule has 192 valence electrons. The van der Waals surface area contributed by atoms with Crippen molar-refractivity contribution in [2.75, 3.05) is 4.90 Å². The van der Waals surface area contributed by atoms with Gasteiger partial charge >= 0.3 is 208 Å². The van der Waals surface area contributed by atoms with E-state index >= 15 is 0 Å². The number of furan rings is 1. The average Bonchev–Trinajstić information content (AvgIpc) is 3.58. The maximum absolute atomic E-state index is 6.45. The molecule has 9 rings (SSSR count). The average molecular weight is 589 g/mol. The summed E-state index contributed by atoms with van der Waals surface area (Å²) in [6.07, 6.45) is 0. The molecule has 0 aliphatic heterocycles.